The number of carboxylic acid groups (broad SMARTS) is 1. The van der Waals surface area contributed by atoms with Gasteiger partial charge in [-0.3, -0.25) is 4.79 Å². The zero-order valence-electron chi connectivity index (χ0n) is 17.6. The number of nitrogens with one attached hydrogen (secondary N) is 1. The Hall–Kier alpha value is -2.72. The number of ether oxygens (including phenoxy) is 2. The number of hydrogen-bond acceptors (Lipinski definition) is 6. The van der Waals surface area contributed by atoms with Crippen LogP contribution in [0.15, 0.2) is 30.6 Å². The molecule has 170 valence electrons. The molecular weight excluding hydrogens is 415 g/mol. The molecule has 7 nitrogen and oxygen atoms in total. The molecule has 10 heteroatoms. The van der Waals surface area contributed by atoms with Crippen molar-refractivity contribution in [2.75, 3.05) is 19.0 Å². The minimum Gasteiger partial charge on any atom is -0.481 e. The first-order valence-corrected chi connectivity index (χ1v) is 9.80. The molecule has 2 rings (SSSR count). The van der Waals surface area contributed by atoms with Crippen LogP contribution in [0.1, 0.15) is 55.7 Å². The molecule has 0 bridgehead atoms. The van der Waals surface area contributed by atoms with Crippen molar-refractivity contribution in [2.24, 2.45) is 0 Å². The van der Waals surface area contributed by atoms with Gasteiger partial charge in [0.05, 0.1) is 24.5 Å². The van der Waals surface area contributed by atoms with Crippen LogP contribution in [-0.2, 0) is 20.9 Å². The first-order chi connectivity index (χ1) is 14.7. The largest absolute Gasteiger partial charge is 0.481 e. The standard InChI is InChI=1S/C21H26F3N3O4/c1-4-13(9-19(28)29)14-6-7-16(20(31-5-2)21(22,23)24)17(8-14)27-15-10-25-18(12-30-3)26-11-15/h6-8,10-11,13,20,27H,4-5,9,12H2,1-3H3,(H,28,29)/t13?,20-/m0/s1. The lowest BCUT2D eigenvalue weighted by Gasteiger charge is -2.25. The van der Waals surface area contributed by atoms with Gasteiger partial charge >= 0.3 is 12.1 Å². The average molecular weight is 441 g/mol. The van der Waals surface area contributed by atoms with Crippen molar-refractivity contribution in [1.82, 2.24) is 9.97 Å². The lowest BCUT2D eigenvalue weighted by atomic mass is 9.91. The first-order valence-electron chi connectivity index (χ1n) is 9.80. The molecule has 1 aromatic heterocycles. The Morgan fingerprint density at radius 1 is 1.23 bits per heavy atom. The van der Waals surface area contributed by atoms with Crippen molar-refractivity contribution in [3.8, 4) is 0 Å². The number of halogens is 3. The second kappa shape index (κ2) is 11.1. The minimum atomic E-state index is -4.63. The predicted molar refractivity (Wildman–Crippen MR) is 108 cm³/mol. The third-order valence-electron chi connectivity index (χ3n) is 4.63. The Kier molecular flexibility index (Phi) is 8.76. The summed E-state index contributed by atoms with van der Waals surface area (Å²) in [5.74, 6) is -0.893. The van der Waals surface area contributed by atoms with Gasteiger partial charge in [0.15, 0.2) is 11.9 Å². The number of alkyl halides is 3. The summed E-state index contributed by atoms with van der Waals surface area (Å²) in [6, 6.07) is 4.39. The van der Waals surface area contributed by atoms with Gasteiger partial charge in [-0.15, -0.1) is 0 Å². The fourth-order valence-corrected chi connectivity index (χ4v) is 3.18. The summed E-state index contributed by atoms with van der Waals surface area (Å²) < 4.78 is 51.0. The molecule has 0 amide bonds. The third kappa shape index (κ3) is 6.90. The average Bonchev–Trinajstić information content (AvgIpc) is 2.71. The van der Waals surface area contributed by atoms with Crippen LogP contribution < -0.4 is 5.32 Å². The smallest absolute Gasteiger partial charge is 0.418 e. The summed E-state index contributed by atoms with van der Waals surface area (Å²) in [6.45, 7) is 3.39. The predicted octanol–water partition coefficient (Wildman–Crippen LogP) is 4.97. The van der Waals surface area contributed by atoms with Crippen LogP contribution in [0.4, 0.5) is 24.5 Å². The molecule has 2 aromatic rings. The molecule has 0 aliphatic carbocycles. The molecule has 0 saturated carbocycles. The number of carbonyl (C=O) groups is 1. The van der Waals surface area contributed by atoms with E-state index in [1.165, 1.54) is 44.6 Å². The molecule has 1 heterocycles. The van der Waals surface area contributed by atoms with Crippen molar-refractivity contribution < 1.29 is 32.5 Å². The SMILES string of the molecule is CCO[C@@H](c1ccc(C(CC)CC(=O)O)cc1Nc1cnc(COC)nc1)C(F)(F)F. The summed E-state index contributed by atoms with van der Waals surface area (Å²) >= 11 is 0. The van der Waals surface area contributed by atoms with Gasteiger partial charge in [-0.1, -0.05) is 19.1 Å². The lowest BCUT2D eigenvalue weighted by Crippen LogP contribution is -2.24. The van der Waals surface area contributed by atoms with Crippen LogP contribution in [0.25, 0.3) is 0 Å². The quantitative estimate of drug-likeness (QED) is 0.508. The number of methoxy groups -OCH3 is 1. The third-order valence-corrected chi connectivity index (χ3v) is 4.63. The lowest BCUT2D eigenvalue weighted by molar-refractivity contribution is -0.222. The van der Waals surface area contributed by atoms with Crippen LogP contribution >= 0.6 is 0 Å². The second-order valence-electron chi connectivity index (χ2n) is 6.87. The van der Waals surface area contributed by atoms with E-state index >= 15 is 0 Å². The fraction of sp³-hybridized carbons (Fsp3) is 0.476. The van der Waals surface area contributed by atoms with E-state index in [9.17, 15) is 18.0 Å². The van der Waals surface area contributed by atoms with Crippen molar-refractivity contribution in [3.63, 3.8) is 0 Å². The summed E-state index contributed by atoms with van der Waals surface area (Å²) in [5, 5.41) is 12.1. The molecule has 1 aromatic carbocycles. The maximum Gasteiger partial charge on any atom is 0.418 e. The van der Waals surface area contributed by atoms with Gasteiger partial charge in [-0.2, -0.15) is 13.2 Å². The van der Waals surface area contributed by atoms with Crippen molar-refractivity contribution in [3.05, 3.63) is 47.5 Å². The van der Waals surface area contributed by atoms with Crippen LogP contribution in [0.5, 0.6) is 0 Å². The number of benzene rings is 1. The zero-order valence-corrected chi connectivity index (χ0v) is 17.6. The molecular formula is C21H26F3N3O4. The Morgan fingerprint density at radius 2 is 1.90 bits per heavy atom. The Labute approximate surface area is 178 Å². The van der Waals surface area contributed by atoms with E-state index < -0.39 is 18.2 Å². The molecule has 0 saturated heterocycles. The van der Waals surface area contributed by atoms with E-state index in [0.717, 1.165) is 0 Å². The molecule has 0 radical (unpaired) electrons. The monoisotopic (exact) mass is 441 g/mol. The van der Waals surface area contributed by atoms with Gasteiger partial charge in [-0.05, 0) is 30.9 Å². The maximum absolute atomic E-state index is 13.7. The van der Waals surface area contributed by atoms with Gasteiger partial charge in [0.1, 0.15) is 6.61 Å². The highest BCUT2D eigenvalue weighted by Gasteiger charge is 2.43. The van der Waals surface area contributed by atoms with Gasteiger partial charge < -0.3 is 19.9 Å². The van der Waals surface area contributed by atoms with Crippen molar-refractivity contribution in [1.29, 1.82) is 0 Å². The van der Waals surface area contributed by atoms with Gasteiger partial charge in [0.2, 0.25) is 0 Å². The molecule has 2 atom stereocenters. The van der Waals surface area contributed by atoms with E-state index in [2.05, 4.69) is 15.3 Å². The molecule has 2 N–H and O–H groups in total. The maximum atomic E-state index is 13.7. The summed E-state index contributed by atoms with van der Waals surface area (Å²) in [6.07, 6.45) is -3.49. The number of anilines is 2. The van der Waals surface area contributed by atoms with E-state index in [1.807, 2.05) is 6.92 Å². The molecule has 1 unspecified atom stereocenters. The zero-order chi connectivity index (χ0) is 23.0. The van der Waals surface area contributed by atoms with Crippen molar-refractivity contribution in [2.45, 2.75) is 51.5 Å². The van der Waals surface area contributed by atoms with Gasteiger partial charge in [-0.25, -0.2) is 9.97 Å². The Morgan fingerprint density at radius 3 is 2.42 bits per heavy atom. The molecule has 31 heavy (non-hydrogen) atoms. The van der Waals surface area contributed by atoms with Crippen molar-refractivity contribution >= 4 is 17.3 Å². The van der Waals surface area contributed by atoms with Crippen LogP contribution in [-0.4, -0.2) is 40.9 Å². The summed E-state index contributed by atoms with van der Waals surface area (Å²) in [5.41, 5.74) is 1.04. The van der Waals surface area contributed by atoms with Crippen LogP contribution in [0.3, 0.4) is 0 Å². The van der Waals surface area contributed by atoms with Crippen LogP contribution in [0, 0.1) is 0 Å². The number of hydrogen-bond donors (Lipinski definition) is 2. The number of carboxylic acids is 1. The van der Waals surface area contributed by atoms with E-state index in [0.29, 0.717) is 23.5 Å². The highest BCUT2D eigenvalue weighted by molar-refractivity contribution is 5.69. The molecule has 0 aliphatic heterocycles. The number of rotatable bonds is 11. The Balaban J connectivity index is 2.49. The Bertz CT molecular complexity index is 860. The molecule has 0 spiro atoms. The van der Waals surface area contributed by atoms with E-state index in [1.54, 1.807) is 0 Å². The highest BCUT2D eigenvalue weighted by Crippen LogP contribution is 2.41. The molecule has 0 fully saturated rings. The van der Waals surface area contributed by atoms with E-state index in [-0.39, 0.29) is 36.8 Å². The number of nitrogens with zero attached hydrogens (tertiary/aromatic N) is 2. The molecule has 0 aliphatic rings. The first kappa shape index (κ1) is 24.5. The van der Waals surface area contributed by atoms with E-state index in [4.69, 9.17) is 14.6 Å². The highest BCUT2D eigenvalue weighted by atomic mass is 19.4. The topological polar surface area (TPSA) is 93.6 Å². The van der Waals surface area contributed by atoms with Crippen LogP contribution in [0.2, 0.25) is 0 Å². The summed E-state index contributed by atoms with van der Waals surface area (Å²) in [4.78, 5) is 19.4. The van der Waals surface area contributed by atoms with Gasteiger partial charge in [0.25, 0.3) is 0 Å². The normalized spacial score (nSPS) is 13.6. The fourth-order valence-electron chi connectivity index (χ4n) is 3.18. The summed E-state index contributed by atoms with van der Waals surface area (Å²) in [7, 11) is 1.50. The number of aliphatic carboxylic acids is 1. The minimum absolute atomic E-state index is 0.107. The second-order valence-corrected chi connectivity index (χ2v) is 6.87. The van der Waals surface area contributed by atoms with Gasteiger partial charge in [0, 0.05) is 25.0 Å². The number of aromatic nitrogens is 2.